The number of primary amides is 1. The van der Waals surface area contributed by atoms with E-state index in [0.29, 0.717) is 23.4 Å². The fourth-order valence-corrected chi connectivity index (χ4v) is 5.74. The van der Waals surface area contributed by atoms with Crippen LogP contribution in [0.1, 0.15) is 31.2 Å². The predicted octanol–water partition coefficient (Wildman–Crippen LogP) is 4.37. The highest BCUT2D eigenvalue weighted by atomic mass is 35.5. The molecule has 2 N–H and O–H groups in total. The summed E-state index contributed by atoms with van der Waals surface area (Å²) < 4.78 is 41.8. The van der Waals surface area contributed by atoms with Crippen LogP contribution in [0, 0.1) is 11.7 Å². The smallest absolute Gasteiger partial charge is 0.243 e. The maximum Gasteiger partial charge on any atom is 0.243 e. The maximum absolute atomic E-state index is 13.6. The fourth-order valence-electron chi connectivity index (χ4n) is 3.73. The van der Waals surface area contributed by atoms with E-state index in [4.69, 9.17) is 28.9 Å². The van der Waals surface area contributed by atoms with Gasteiger partial charge >= 0.3 is 0 Å². The first-order valence-corrected chi connectivity index (χ1v) is 11.4. The number of hydrogen-bond acceptors (Lipinski definition) is 3. The number of halogens is 3. The molecule has 1 saturated carbocycles. The lowest BCUT2D eigenvalue weighted by atomic mass is 9.84. The van der Waals surface area contributed by atoms with E-state index in [1.165, 1.54) is 46.8 Å². The summed E-state index contributed by atoms with van der Waals surface area (Å²) >= 11 is 11.8. The van der Waals surface area contributed by atoms with Gasteiger partial charge in [0, 0.05) is 17.6 Å². The Hall–Kier alpha value is -1.67. The highest BCUT2D eigenvalue weighted by Crippen LogP contribution is 2.34. The summed E-state index contributed by atoms with van der Waals surface area (Å²) in [6.07, 6.45) is 2.62. The lowest BCUT2D eigenvalue weighted by molar-refractivity contribution is -0.124. The van der Waals surface area contributed by atoms with Crippen molar-refractivity contribution < 1.29 is 17.6 Å². The van der Waals surface area contributed by atoms with Crippen LogP contribution < -0.4 is 5.73 Å². The molecule has 0 unspecified atom stereocenters. The molecule has 0 aliphatic heterocycles. The van der Waals surface area contributed by atoms with E-state index < -0.39 is 33.7 Å². The minimum Gasteiger partial charge on any atom is -0.369 e. The Morgan fingerprint density at radius 3 is 2.38 bits per heavy atom. The summed E-state index contributed by atoms with van der Waals surface area (Å²) in [7, 11) is -3.97. The van der Waals surface area contributed by atoms with E-state index >= 15 is 0 Å². The van der Waals surface area contributed by atoms with E-state index in [0.717, 1.165) is 12.8 Å². The van der Waals surface area contributed by atoms with Gasteiger partial charge in [-0.15, -0.1) is 0 Å². The SMILES string of the molecule is NC(=O)[C@H]1CCCC[C@H]1N(Cc1ccc(F)c(Cl)c1)S(=O)(=O)c1ccc(Cl)cc1. The summed E-state index contributed by atoms with van der Waals surface area (Å²) in [4.78, 5) is 12.1. The van der Waals surface area contributed by atoms with Gasteiger partial charge in [-0.1, -0.05) is 42.1 Å². The van der Waals surface area contributed by atoms with Crippen molar-refractivity contribution in [2.45, 2.75) is 43.2 Å². The van der Waals surface area contributed by atoms with Crippen LogP contribution in [0.25, 0.3) is 0 Å². The average Bonchev–Trinajstić information content (AvgIpc) is 2.69. The average molecular weight is 459 g/mol. The second kappa shape index (κ2) is 9.00. The van der Waals surface area contributed by atoms with Gasteiger partial charge < -0.3 is 5.73 Å². The van der Waals surface area contributed by atoms with Crippen molar-refractivity contribution in [3.8, 4) is 0 Å². The first kappa shape index (κ1) is 22.0. The summed E-state index contributed by atoms with van der Waals surface area (Å²) in [6.45, 7) is -0.0561. The number of sulfonamides is 1. The van der Waals surface area contributed by atoms with Crippen LogP contribution >= 0.6 is 23.2 Å². The van der Waals surface area contributed by atoms with Gasteiger partial charge in [0.25, 0.3) is 0 Å². The number of hydrogen-bond donors (Lipinski definition) is 1. The first-order valence-electron chi connectivity index (χ1n) is 9.21. The third kappa shape index (κ3) is 4.91. The molecule has 156 valence electrons. The Morgan fingerprint density at radius 2 is 1.76 bits per heavy atom. The van der Waals surface area contributed by atoms with Crippen LogP contribution in [-0.4, -0.2) is 24.7 Å². The molecule has 1 aliphatic rings. The van der Waals surface area contributed by atoms with E-state index in [2.05, 4.69) is 0 Å². The molecule has 2 aromatic rings. The van der Waals surface area contributed by atoms with Crippen LogP contribution in [-0.2, 0) is 21.4 Å². The van der Waals surface area contributed by atoms with E-state index in [9.17, 15) is 17.6 Å². The standard InChI is InChI=1S/C20H21Cl2FN2O3S/c21-14-6-8-15(9-7-14)29(27,28)25(12-13-5-10-18(23)17(22)11-13)19-4-2-1-3-16(19)20(24)26/h5-11,16,19H,1-4,12H2,(H2,24,26)/t16-,19+/m0/s1. The van der Waals surface area contributed by atoms with Gasteiger partial charge in [-0.25, -0.2) is 12.8 Å². The Bertz CT molecular complexity index is 999. The topological polar surface area (TPSA) is 80.5 Å². The Morgan fingerprint density at radius 1 is 1.10 bits per heavy atom. The molecule has 0 heterocycles. The van der Waals surface area contributed by atoms with E-state index in [1.54, 1.807) is 0 Å². The number of benzene rings is 2. The van der Waals surface area contributed by atoms with Crippen LogP contribution in [0.15, 0.2) is 47.4 Å². The Labute approximate surface area is 179 Å². The molecular weight excluding hydrogens is 438 g/mol. The normalized spacial score (nSPS) is 20.0. The number of carbonyl (C=O) groups is 1. The lowest BCUT2D eigenvalue weighted by Crippen LogP contribution is -2.49. The highest BCUT2D eigenvalue weighted by molar-refractivity contribution is 7.89. The molecule has 1 amide bonds. The van der Waals surface area contributed by atoms with Gasteiger partial charge in [-0.3, -0.25) is 4.79 Å². The summed E-state index contributed by atoms with van der Waals surface area (Å²) in [5.41, 5.74) is 6.10. The zero-order valence-electron chi connectivity index (χ0n) is 15.5. The summed E-state index contributed by atoms with van der Waals surface area (Å²) in [6, 6.07) is 9.30. The second-order valence-corrected chi connectivity index (χ2v) is 9.85. The van der Waals surface area contributed by atoms with Gasteiger partial charge in [-0.2, -0.15) is 4.31 Å². The molecule has 3 rings (SSSR count). The highest BCUT2D eigenvalue weighted by Gasteiger charge is 2.40. The molecule has 1 fully saturated rings. The largest absolute Gasteiger partial charge is 0.369 e. The molecule has 0 saturated heterocycles. The lowest BCUT2D eigenvalue weighted by Gasteiger charge is -2.38. The van der Waals surface area contributed by atoms with Crippen LogP contribution in [0.3, 0.4) is 0 Å². The molecule has 5 nitrogen and oxygen atoms in total. The van der Waals surface area contributed by atoms with Gasteiger partial charge in [0.1, 0.15) is 5.82 Å². The third-order valence-electron chi connectivity index (χ3n) is 5.21. The fraction of sp³-hybridized carbons (Fsp3) is 0.350. The molecule has 0 spiro atoms. The van der Waals surface area contributed by atoms with Gasteiger partial charge in [0.05, 0.1) is 15.8 Å². The Balaban J connectivity index is 2.05. The molecule has 0 aromatic heterocycles. The van der Waals surface area contributed by atoms with Gasteiger partial charge in [0.15, 0.2) is 0 Å². The summed E-state index contributed by atoms with van der Waals surface area (Å²) in [5.74, 6) is -1.71. The molecule has 1 aliphatic carbocycles. The van der Waals surface area contributed by atoms with Crippen molar-refractivity contribution in [3.63, 3.8) is 0 Å². The van der Waals surface area contributed by atoms with E-state index in [1.807, 2.05) is 0 Å². The molecule has 0 bridgehead atoms. The van der Waals surface area contributed by atoms with Crippen molar-refractivity contribution in [1.29, 1.82) is 0 Å². The maximum atomic E-state index is 13.6. The quantitative estimate of drug-likeness (QED) is 0.697. The molecule has 2 atom stereocenters. The summed E-state index contributed by atoms with van der Waals surface area (Å²) in [5, 5.41) is 0.315. The van der Waals surface area contributed by atoms with Crippen LogP contribution in [0.4, 0.5) is 4.39 Å². The minimum atomic E-state index is -3.97. The van der Waals surface area contributed by atoms with Crippen molar-refractivity contribution in [2.75, 3.05) is 0 Å². The van der Waals surface area contributed by atoms with Gasteiger partial charge in [0.2, 0.25) is 15.9 Å². The Kier molecular flexibility index (Phi) is 6.83. The van der Waals surface area contributed by atoms with Crippen LogP contribution in [0.2, 0.25) is 10.0 Å². The monoisotopic (exact) mass is 458 g/mol. The molecule has 2 aromatic carbocycles. The van der Waals surface area contributed by atoms with Crippen molar-refractivity contribution >= 4 is 39.1 Å². The van der Waals surface area contributed by atoms with E-state index in [-0.39, 0.29) is 16.5 Å². The van der Waals surface area contributed by atoms with Crippen molar-refractivity contribution in [3.05, 3.63) is 63.9 Å². The third-order valence-corrected chi connectivity index (χ3v) is 7.63. The molecular formula is C20H21Cl2FN2O3S. The molecule has 9 heteroatoms. The minimum absolute atomic E-state index is 0.0561. The van der Waals surface area contributed by atoms with Crippen molar-refractivity contribution in [2.24, 2.45) is 11.7 Å². The first-order chi connectivity index (χ1) is 13.7. The second-order valence-electron chi connectivity index (χ2n) is 7.11. The number of carbonyl (C=O) groups excluding carboxylic acids is 1. The predicted molar refractivity (Wildman–Crippen MR) is 111 cm³/mol. The number of nitrogens with two attached hydrogens (primary N) is 1. The number of nitrogens with zero attached hydrogens (tertiary/aromatic N) is 1. The van der Waals surface area contributed by atoms with Crippen LogP contribution in [0.5, 0.6) is 0 Å². The zero-order chi connectivity index (χ0) is 21.2. The number of rotatable bonds is 6. The van der Waals surface area contributed by atoms with Crippen molar-refractivity contribution in [1.82, 2.24) is 4.31 Å². The van der Waals surface area contributed by atoms with Gasteiger partial charge in [-0.05, 0) is 54.8 Å². The molecule has 29 heavy (non-hydrogen) atoms. The number of amides is 1. The molecule has 0 radical (unpaired) electrons. The zero-order valence-corrected chi connectivity index (χ0v) is 17.9.